The fourth-order valence-electron chi connectivity index (χ4n) is 1.47. The summed E-state index contributed by atoms with van der Waals surface area (Å²) in [4.78, 5) is 9.84. The van der Waals surface area contributed by atoms with Crippen LogP contribution >= 0.6 is 11.3 Å². The summed E-state index contributed by atoms with van der Waals surface area (Å²) in [7, 11) is 0. The average Bonchev–Trinajstić information content (AvgIpc) is 2.74. The number of aromatic nitrogens is 2. The minimum atomic E-state index is 0.348. The van der Waals surface area contributed by atoms with Gasteiger partial charge in [-0.3, -0.25) is 0 Å². The molecule has 0 fully saturated rings. The van der Waals surface area contributed by atoms with Gasteiger partial charge in [0.05, 0.1) is 0 Å². The first-order valence-electron chi connectivity index (χ1n) is 5.31. The Morgan fingerprint density at radius 2 is 2.12 bits per heavy atom. The number of aryl methyl sites for hydroxylation is 1. The lowest BCUT2D eigenvalue weighted by Crippen LogP contribution is -2.19. The van der Waals surface area contributed by atoms with Gasteiger partial charge in [-0.05, 0) is 30.9 Å². The van der Waals surface area contributed by atoms with Crippen LogP contribution in [-0.2, 0) is 6.42 Å². The molecule has 2 heterocycles. The summed E-state index contributed by atoms with van der Waals surface area (Å²) < 4.78 is 0. The third-order valence-corrected chi connectivity index (χ3v) is 3.14. The molecule has 84 valence electrons. The minimum Gasteiger partial charge on any atom is -0.351 e. The summed E-state index contributed by atoms with van der Waals surface area (Å²) in [6.45, 7) is 4.13. The lowest BCUT2D eigenvalue weighted by atomic mass is 10.2. The molecule has 1 atom stereocenters. The highest BCUT2D eigenvalue weighted by atomic mass is 32.1. The van der Waals surface area contributed by atoms with Crippen molar-refractivity contribution in [3.05, 3.63) is 40.3 Å². The van der Waals surface area contributed by atoms with E-state index >= 15 is 0 Å². The van der Waals surface area contributed by atoms with Gasteiger partial charge in [-0.2, -0.15) is 0 Å². The lowest BCUT2D eigenvalue weighted by Gasteiger charge is -2.12. The van der Waals surface area contributed by atoms with E-state index < -0.39 is 0 Å². The predicted octanol–water partition coefficient (Wildman–Crippen LogP) is 2.89. The van der Waals surface area contributed by atoms with Gasteiger partial charge in [-0.15, -0.1) is 11.3 Å². The van der Waals surface area contributed by atoms with Crippen molar-refractivity contribution in [2.24, 2.45) is 0 Å². The Labute approximate surface area is 99.6 Å². The summed E-state index contributed by atoms with van der Waals surface area (Å²) in [5.74, 6) is 0.703. The molecule has 4 heteroatoms. The van der Waals surface area contributed by atoms with E-state index in [0.717, 1.165) is 12.0 Å². The SMILES string of the molecule is Cc1cnc(NC(C)Cc2cccs2)nc1. The van der Waals surface area contributed by atoms with Gasteiger partial charge in [0.15, 0.2) is 0 Å². The van der Waals surface area contributed by atoms with E-state index in [0.29, 0.717) is 12.0 Å². The molecule has 0 saturated carbocycles. The van der Waals surface area contributed by atoms with Gasteiger partial charge in [-0.1, -0.05) is 6.07 Å². The molecular formula is C12H15N3S. The molecule has 0 spiro atoms. The highest BCUT2D eigenvalue weighted by Gasteiger charge is 2.05. The first-order chi connectivity index (χ1) is 7.74. The third-order valence-electron chi connectivity index (χ3n) is 2.24. The van der Waals surface area contributed by atoms with Crippen molar-refractivity contribution in [1.29, 1.82) is 0 Å². The van der Waals surface area contributed by atoms with Gasteiger partial charge in [0.25, 0.3) is 0 Å². The first-order valence-corrected chi connectivity index (χ1v) is 6.19. The van der Waals surface area contributed by atoms with Gasteiger partial charge in [-0.25, -0.2) is 9.97 Å². The number of anilines is 1. The molecule has 3 nitrogen and oxygen atoms in total. The van der Waals surface area contributed by atoms with Crippen LogP contribution in [0.5, 0.6) is 0 Å². The Kier molecular flexibility index (Phi) is 3.51. The van der Waals surface area contributed by atoms with Crippen LogP contribution in [0.4, 0.5) is 5.95 Å². The second-order valence-electron chi connectivity index (χ2n) is 3.91. The molecular weight excluding hydrogens is 218 g/mol. The molecule has 0 aromatic carbocycles. The van der Waals surface area contributed by atoms with Gasteiger partial charge in [0.2, 0.25) is 5.95 Å². The van der Waals surface area contributed by atoms with Gasteiger partial charge < -0.3 is 5.32 Å². The van der Waals surface area contributed by atoms with Crippen LogP contribution in [0.15, 0.2) is 29.9 Å². The smallest absolute Gasteiger partial charge is 0.222 e. The van der Waals surface area contributed by atoms with Crippen molar-refractivity contribution in [3.8, 4) is 0 Å². The zero-order chi connectivity index (χ0) is 11.4. The maximum absolute atomic E-state index is 4.23. The number of hydrogen-bond donors (Lipinski definition) is 1. The second-order valence-corrected chi connectivity index (χ2v) is 4.95. The third kappa shape index (κ3) is 3.03. The van der Waals surface area contributed by atoms with E-state index in [9.17, 15) is 0 Å². The lowest BCUT2D eigenvalue weighted by molar-refractivity contribution is 0.785. The molecule has 0 saturated heterocycles. The van der Waals surface area contributed by atoms with Crippen molar-refractivity contribution in [3.63, 3.8) is 0 Å². The van der Waals surface area contributed by atoms with Gasteiger partial charge in [0.1, 0.15) is 0 Å². The highest BCUT2D eigenvalue weighted by Crippen LogP contribution is 2.12. The summed E-state index contributed by atoms with van der Waals surface area (Å²) in [5, 5.41) is 5.39. The maximum Gasteiger partial charge on any atom is 0.222 e. The molecule has 0 aliphatic heterocycles. The van der Waals surface area contributed by atoms with Crippen molar-refractivity contribution in [2.45, 2.75) is 26.3 Å². The van der Waals surface area contributed by atoms with E-state index in [2.05, 4.69) is 39.7 Å². The Bertz CT molecular complexity index is 422. The van der Waals surface area contributed by atoms with Crippen molar-refractivity contribution < 1.29 is 0 Å². The van der Waals surface area contributed by atoms with Crippen LogP contribution in [0, 0.1) is 6.92 Å². The Morgan fingerprint density at radius 3 is 2.75 bits per heavy atom. The number of nitrogens with zero attached hydrogens (tertiary/aromatic N) is 2. The molecule has 2 aromatic rings. The first kappa shape index (κ1) is 11.1. The number of nitrogens with one attached hydrogen (secondary N) is 1. The molecule has 0 bridgehead atoms. The van der Waals surface area contributed by atoms with Crippen LogP contribution in [0.2, 0.25) is 0 Å². The molecule has 16 heavy (non-hydrogen) atoms. The zero-order valence-electron chi connectivity index (χ0n) is 9.47. The predicted molar refractivity (Wildman–Crippen MR) is 67.9 cm³/mol. The molecule has 2 aromatic heterocycles. The molecule has 0 aliphatic rings. The molecule has 1 unspecified atom stereocenters. The largest absolute Gasteiger partial charge is 0.351 e. The minimum absolute atomic E-state index is 0.348. The van der Waals surface area contributed by atoms with Crippen LogP contribution in [0.1, 0.15) is 17.4 Å². The summed E-state index contributed by atoms with van der Waals surface area (Å²) in [6, 6.07) is 4.58. The van der Waals surface area contributed by atoms with Crippen LogP contribution in [-0.4, -0.2) is 16.0 Å². The Morgan fingerprint density at radius 1 is 1.38 bits per heavy atom. The number of hydrogen-bond acceptors (Lipinski definition) is 4. The van der Waals surface area contributed by atoms with E-state index in [1.165, 1.54) is 4.88 Å². The monoisotopic (exact) mass is 233 g/mol. The Hall–Kier alpha value is -1.42. The maximum atomic E-state index is 4.23. The molecule has 1 N–H and O–H groups in total. The van der Waals surface area contributed by atoms with Crippen LogP contribution in [0.3, 0.4) is 0 Å². The van der Waals surface area contributed by atoms with Crippen molar-refractivity contribution >= 4 is 17.3 Å². The van der Waals surface area contributed by atoms with E-state index in [4.69, 9.17) is 0 Å². The van der Waals surface area contributed by atoms with Gasteiger partial charge in [0, 0.05) is 29.7 Å². The molecule has 0 radical (unpaired) electrons. The van der Waals surface area contributed by atoms with Crippen LogP contribution in [0.25, 0.3) is 0 Å². The fraction of sp³-hybridized carbons (Fsp3) is 0.333. The normalized spacial score (nSPS) is 12.4. The zero-order valence-corrected chi connectivity index (χ0v) is 10.3. The topological polar surface area (TPSA) is 37.8 Å². The summed E-state index contributed by atoms with van der Waals surface area (Å²) in [6.07, 6.45) is 4.66. The van der Waals surface area contributed by atoms with E-state index in [1.807, 2.05) is 19.3 Å². The van der Waals surface area contributed by atoms with E-state index in [-0.39, 0.29) is 0 Å². The molecule has 0 aliphatic carbocycles. The van der Waals surface area contributed by atoms with E-state index in [1.54, 1.807) is 11.3 Å². The summed E-state index contributed by atoms with van der Waals surface area (Å²) >= 11 is 1.78. The molecule has 2 rings (SSSR count). The van der Waals surface area contributed by atoms with Crippen molar-refractivity contribution in [2.75, 3.05) is 5.32 Å². The summed E-state index contributed by atoms with van der Waals surface area (Å²) in [5.41, 5.74) is 1.08. The van der Waals surface area contributed by atoms with Gasteiger partial charge >= 0.3 is 0 Å². The Balaban J connectivity index is 1.92. The van der Waals surface area contributed by atoms with Crippen molar-refractivity contribution in [1.82, 2.24) is 9.97 Å². The second kappa shape index (κ2) is 5.07. The van der Waals surface area contributed by atoms with Crippen LogP contribution < -0.4 is 5.32 Å². The quantitative estimate of drug-likeness (QED) is 0.882. The standard InChI is InChI=1S/C12H15N3S/c1-9-7-13-12(14-8-9)15-10(2)6-11-4-3-5-16-11/h3-5,7-8,10H,6H2,1-2H3,(H,13,14,15). The highest BCUT2D eigenvalue weighted by molar-refractivity contribution is 7.09. The average molecular weight is 233 g/mol. The molecule has 0 amide bonds. The number of thiophene rings is 1. The number of rotatable bonds is 4. The fourth-order valence-corrected chi connectivity index (χ4v) is 2.30.